The van der Waals surface area contributed by atoms with Crippen molar-refractivity contribution in [3.8, 4) is 0 Å². The topological polar surface area (TPSA) is 80.3 Å². The van der Waals surface area contributed by atoms with Crippen LogP contribution < -0.4 is 0 Å². The van der Waals surface area contributed by atoms with Gasteiger partial charge in [-0.05, 0) is 18.6 Å². The molecule has 3 atom stereocenters. The van der Waals surface area contributed by atoms with Gasteiger partial charge in [-0.2, -0.15) is 4.31 Å². The predicted octanol–water partition coefficient (Wildman–Crippen LogP) is 2.73. The Morgan fingerprint density at radius 3 is 2.27 bits per heavy atom. The second kappa shape index (κ2) is 5.19. The third-order valence-electron chi connectivity index (χ3n) is 3.80. The molecule has 6 nitrogen and oxygen atoms in total. The Kier molecular flexibility index (Phi) is 3.46. The van der Waals surface area contributed by atoms with Crippen molar-refractivity contribution in [3.63, 3.8) is 0 Å². The first kappa shape index (κ1) is 14.7. The van der Waals surface area contributed by atoms with Gasteiger partial charge in [-0.1, -0.05) is 42.5 Å². The van der Waals surface area contributed by atoms with Crippen LogP contribution in [0.3, 0.4) is 0 Å². The van der Waals surface area contributed by atoms with E-state index >= 15 is 0 Å². The molecule has 1 fully saturated rings. The summed E-state index contributed by atoms with van der Waals surface area (Å²) in [6, 6.07) is 14.2. The third kappa shape index (κ3) is 2.28. The second-order valence-corrected chi connectivity index (χ2v) is 6.97. The fourth-order valence-electron chi connectivity index (χ4n) is 2.71. The molecule has 0 amide bonds. The summed E-state index contributed by atoms with van der Waals surface area (Å²) in [5, 5.41) is 11.1. The Morgan fingerprint density at radius 1 is 1.05 bits per heavy atom. The molecule has 22 heavy (non-hydrogen) atoms. The average molecular weight is 318 g/mol. The number of para-hydroxylation sites is 1. The van der Waals surface area contributed by atoms with Crippen molar-refractivity contribution in [1.82, 2.24) is 4.31 Å². The van der Waals surface area contributed by atoms with E-state index in [9.17, 15) is 18.5 Å². The van der Waals surface area contributed by atoms with Gasteiger partial charge in [0.15, 0.2) is 4.90 Å². The lowest BCUT2D eigenvalue weighted by molar-refractivity contribution is -0.387. The van der Waals surface area contributed by atoms with Gasteiger partial charge in [0.25, 0.3) is 15.7 Å². The number of sulfonamides is 1. The molecule has 0 bridgehead atoms. The maximum absolute atomic E-state index is 12.7. The van der Waals surface area contributed by atoms with Gasteiger partial charge in [-0.15, -0.1) is 0 Å². The molecule has 1 saturated heterocycles. The second-order valence-electron chi connectivity index (χ2n) is 5.16. The lowest BCUT2D eigenvalue weighted by Crippen LogP contribution is -2.15. The largest absolute Gasteiger partial charge is 0.289 e. The molecule has 2 aromatic rings. The average Bonchev–Trinajstić information content (AvgIpc) is 3.20. The van der Waals surface area contributed by atoms with E-state index in [0.29, 0.717) is 0 Å². The number of nitro groups is 1. The van der Waals surface area contributed by atoms with E-state index < -0.39 is 20.6 Å². The van der Waals surface area contributed by atoms with Crippen molar-refractivity contribution < 1.29 is 13.3 Å². The first-order chi connectivity index (χ1) is 10.4. The molecule has 1 heterocycles. The number of nitrogens with zero attached hydrogens (tertiary/aromatic N) is 2. The molecule has 0 N–H and O–H groups in total. The molecule has 2 aromatic carbocycles. The maximum atomic E-state index is 12.7. The van der Waals surface area contributed by atoms with Gasteiger partial charge in [-0.3, -0.25) is 10.1 Å². The van der Waals surface area contributed by atoms with Crippen LogP contribution in [0.1, 0.15) is 18.5 Å². The Balaban J connectivity index is 2.01. The summed E-state index contributed by atoms with van der Waals surface area (Å²) in [6.45, 7) is 1.80. The molecule has 1 aliphatic rings. The van der Waals surface area contributed by atoms with Crippen LogP contribution in [0.4, 0.5) is 5.69 Å². The van der Waals surface area contributed by atoms with Crippen LogP contribution in [0, 0.1) is 10.1 Å². The molecule has 1 unspecified atom stereocenters. The highest BCUT2D eigenvalue weighted by molar-refractivity contribution is 7.89. The third-order valence-corrected chi connectivity index (χ3v) is 5.82. The van der Waals surface area contributed by atoms with Crippen LogP contribution in [-0.4, -0.2) is 23.7 Å². The number of hydrogen-bond donors (Lipinski definition) is 0. The fraction of sp³-hybridized carbons (Fsp3) is 0.200. The Hall–Kier alpha value is -2.25. The molecule has 7 heteroatoms. The van der Waals surface area contributed by atoms with E-state index in [4.69, 9.17) is 0 Å². The highest BCUT2D eigenvalue weighted by Gasteiger charge is 2.54. The number of rotatable bonds is 4. The molecule has 114 valence electrons. The molecule has 0 aromatic heterocycles. The highest BCUT2D eigenvalue weighted by Crippen LogP contribution is 2.48. The van der Waals surface area contributed by atoms with Crippen LogP contribution in [0.2, 0.25) is 0 Å². The fourth-order valence-corrected chi connectivity index (χ4v) is 4.69. The number of hydrogen-bond acceptors (Lipinski definition) is 4. The van der Waals surface area contributed by atoms with Crippen LogP contribution in [0.25, 0.3) is 0 Å². The SMILES string of the molecule is C[C@@H]1[C@@H](c2ccccc2)N1S(=O)(=O)c1ccccc1[N+](=O)[O-]. The van der Waals surface area contributed by atoms with Crippen LogP contribution in [0.5, 0.6) is 0 Å². The maximum Gasteiger partial charge on any atom is 0.289 e. The van der Waals surface area contributed by atoms with Crippen LogP contribution in [0.15, 0.2) is 59.5 Å². The molecule has 0 aliphatic carbocycles. The first-order valence-electron chi connectivity index (χ1n) is 6.76. The molecule has 3 rings (SSSR count). The molecule has 0 radical (unpaired) electrons. The Labute approximate surface area is 128 Å². The van der Waals surface area contributed by atoms with Gasteiger partial charge in [-0.25, -0.2) is 8.42 Å². The standard InChI is InChI=1S/C15H14N2O4S/c1-11-15(12-7-3-2-4-8-12)16(11)22(20,21)14-10-6-5-9-13(14)17(18)19/h2-11,15H,1H3/t11-,15+,16?/m1/s1. The summed E-state index contributed by atoms with van der Waals surface area (Å²) in [6.07, 6.45) is 0. The smallest absolute Gasteiger partial charge is 0.258 e. The summed E-state index contributed by atoms with van der Waals surface area (Å²) in [5.74, 6) is 0. The van der Waals surface area contributed by atoms with E-state index in [1.807, 2.05) is 30.3 Å². The van der Waals surface area contributed by atoms with Gasteiger partial charge in [0.1, 0.15) is 0 Å². The van der Waals surface area contributed by atoms with Gasteiger partial charge < -0.3 is 0 Å². The Bertz CT molecular complexity index is 820. The van der Waals surface area contributed by atoms with Gasteiger partial charge in [0, 0.05) is 12.1 Å². The summed E-state index contributed by atoms with van der Waals surface area (Å²) in [4.78, 5) is 10.1. The van der Waals surface area contributed by atoms with Crippen molar-refractivity contribution in [1.29, 1.82) is 0 Å². The quantitative estimate of drug-likeness (QED) is 0.493. The minimum absolute atomic E-state index is 0.216. The van der Waals surface area contributed by atoms with Crippen molar-refractivity contribution in [2.75, 3.05) is 0 Å². The zero-order chi connectivity index (χ0) is 15.9. The van der Waals surface area contributed by atoms with E-state index in [0.717, 1.165) is 5.56 Å². The van der Waals surface area contributed by atoms with E-state index in [2.05, 4.69) is 0 Å². The molecular weight excluding hydrogens is 304 g/mol. The zero-order valence-corrected chi connectivity index (χ0v) is 12.6. The minimum atomic E-state index is -3.90. The first-order valence-corrected chi connectivity index (χ1v) is 8.20. The van der Waals surface area contributed by atoms with Crippen molar-refractivity contribution in [2.24, 2.45) is 0 Å². The Morgan fingerprint density at radius 2 is 1.64 bits per heavy atom. The zero-order valence-electron chi connectivity index (χ0n) is 11.8. The molecular formula is C15H14N2O4S. The minimum Gasteiger partial charge on any atom is -0.258 e. The van der Waals surface area contributed by atoms with Crippen LogP contribution >= 0.6 is 0 Å². The summed E-state index contributed by atoms with van der Waals surface area (Å²) >= 11 is 0. The van der Waals surface area contributed by atoms with Gasteiger partial charge in [0.05, 0.1) is 11.0 Å². The number of benzene rings is 2. The van der Waals surface area contributed by atoms with Crippen LogP contribution in [-0.2, 0) is 10.0 Å². The predicted molar refractivity (Wildman–Crippen MR) is 80.8 cm³/mol. The molecule has 0 saturated carbocycles. The molecule has 0 spiro atoms. The normalized spacial score (nSPS) is 24.0. The van der Waals surface area contributed by atoms with Gasteiger partial charge in [0.2, 0.25) is 0 Å². The monoisotopic (exact) mass is 318 g/mol. The van der Waals surface area contributed by atoms with E-state index in [-0.39, 0.29) is 17.0 Å². The van der Waals surface area contributed by atoms with Crippen molar-refractivity contribution in [2.45, 2.75) is 23.9 Å². The highest BCUT2D eigenvalue weighted by atomic mass is 32.2. The van der Waals surface area contributed by atoms with E-state index in [1.54, 1.807) is 6.92 Å². The number of nitro benzene ring substituents is 1. The summed E-state index contributed by atoms with van der Waals surface area (Å²) in [5.41, 5.74) is 0.491. The summed E-state index contributed by atoms with van der Waals surface area (Å²) < 4.78 is 26.8. The van der Waals surface area contributed by atoms with E-state index in [1.165, 1.54) is 28.6 Å². The lowest BCUT2D eigenvalue weighted by atomic mass is 10.1. The molecule has 1 aliphatic heterocycles. The van der Waals surface area contributed by atoms with Crippen molar-refractivity contribution >= 4 is 15.7 Å². The summed E-state index contributed by atoms with van der Waals surface area (Å²) in [7, 11) is -3.90. The lowest BCUT2D eigenvalue weighted by Gasteiger charge is -2.07. The van der Waals surface area contributed by atoms with Crippen molar-refractivity contribution in [3.05, 3.63) is 70.3 Å². The van der Waals surface area contributed by atoms with Gasteiger partial charge >= 0.3 is 0 Å².